The van der Waals surface area contributed by atoms with Crippen molar-refractivity contribution in [3.05, 3.63) is 64.1 Å². The minimum absolute atomic E-state index is 0.0230. The Morgan fingerprint density at radius 3 is 2.65 bits per heavy atom. The number of rotatable bonds is 6. The molecule has 0 bridgehead atoms. The van der Waals surface area contributed by atoms with Crippen LogP contribution < -0.4 is 10.1 Å². The predicted octanol–water partition coefficient (Wildman–Crippen LogP) is 3.56. The van der Waals surface area contributed by atoms with Gasteiger partial charge in [-0.15, -0.1) is 0 Å². The van der Waals surface area contributed by atoms with E-state index >= 15 is 0 Å². The van der Waals surface area contributed by atoms with Gasteiger partial charge in [-0.2, -0.15) is 0 Å². The summed E-state index contributed by atoms with van der Waals surface area (Å²) in [5.41, 5.74) is 2.42. The molecule has 0 aromatic heterocycles. The van der Waals surface area contributed by atoms with Crippen LogP contribution in [0, 0.1) is 0 Å². The van der Waals surface area contributed by atoms with Crippen LogP contribution in [0.25, 0.3) is 0 Å². The van der Waals surface area contributed by atoms with Crippen LogP contribution >= 0.6 is 15.9 Å². The number of fused-ring (bicyclic) bond motifs is 1. The van der Waals surface area contributed by atoms with Crippen LogP contribution in [0.4, 0.5) is 0 Å². The molecule has 1 N–H and O–H groups in total. The molecule has 0 heterocycles. The quantitative estimate of drug-likeness (QED) is 0.729. The summed E-state index contributed by atoms with van der Waals surface area (Å²) in [4.78, 5) is 23.8. The molecule has 0 saturated heterocycles. The fourth-order valence-corrected chi connectivity index (χ4v) is 3.26. The number of hydrogen-bond donors (Lipinski definition) is 1. The van der Waals surface area contributed by atoms with Crippen molar-refractivity contribution in [2.75, 3.05) is 13.2 Å². The summed E-state index contributed by atoms with van der Waals surface area (Å²) in [6.45, 7) is -0.539. The van der Waals surface area contributed by atoms with E-state index in [1.54, 1.807) is 12.1 Å². The second kappa shape index (κ2) is 8.85. The fraction of sp³-hybridized carbons (Fsp3) is 0.300. The number of esters is 1. The molecular formula is C20H20BrNO4. The van der Waals surface area contributed by atoms with E-state index in [-0.39, 0.29) is 25.2 Å². The van der Waals surface area contributed by atoms with E-state index < -0.39 is 5.97 Å². The minimum Gasteiger partial charge on any atom is -0.482 e. The van der Waals surface area contributed by atoms with Gasteiger partial charge in [0.1, 0.15) is 5.75 Å². The SMILES string of the molecule is O=C(COC(=O)COc1ccc(Br)cc1)N[C@@H]1CCCc2ccccc21. The molecule has 0 aliphatic heterocycles. The third-order valence-electron chi connectivity index (χ3n) is 4.24. The summed E-state index contributed by atoms with van der Waals surface area (Å²) in [6, 6.07) is 15.2. The Morgan fingerprint density at radius 1 is 1.08 bits per heavy atom. The van der Waals surface area contributed by atoms with E-state index in [1.165, 1.54) is 5.56 Å². The van der Waals surface area contributed by atoms with Crippen LogP contribution in [-0.4, -0.2) is 25.1 Å². The van der Waals surface area contributed by atoms with Crippen LogP contribution in [0.2, 0.25) is 0 Å². The highest BCUT2D eigenvalue weighted by Gasteiger charge is 2.21. The minimum atomic E-state index is -0.577. The molecular weight excluding hydrogens is 398 g/mol. The van der Waals surface area contributed by atoms with Crippen molar-refractivity contribution in [3.63, 3.8) is 0 Å². The summed E-state index contributed by atoms with van der Waals surface area (Å²) in [5, 5.41) is 2.95. The molecule has 0 fully saturated rings. The summed E-state index contributed by atoms with van der Waals surface area (Å²) in [7, 11) is 0. The maximum Gasteiger partial charge on any atom is 0.344 e. The lowest BCUT2D eigenvalue weighted by Crippen LogP contribution is -2.34. The largest absolute Gasteiger partial charge is 0.482 e. The molecule has 1 atom stereocenters. The van der Waals surface area contributed by atoms with E-state index in [0.29, 0.717) is 5.75 Å². The van der Waals surface area contributed by atoms with Gasteiger partial charge < -0.3 is 14.8 Å². The number of carbonyl (C=O) groups excluding carboxylic acids is 2. The number of halogens is 1. The lowest BCUT2D eigenvalue weighted by molar-refractivity contribution is -0.150. The Balaban J connectivity index is 1.43. The molecule has 6 heteroatoms. The first kappa shape index (κ1) is 18.5. The number of carbonyl (C=O) groups is 2. The second-order valence-corrected chi connectivity index (χ2v) is 7.03. The summed E-state index contributed by atoms with van der Waals surface area (Å²) < 4.78 is 11.2. The van der Waals surface area contributed by atoms with Gasteiger partial charge in [-0.05, 0) is 54.7 Å². The lowest BCUT2D eigenvalue weighted by atomic mass is 9.88. The fourth-order valence-electron chi connectivity index (χ4n) is 3.00. The average Bonchev–Trinajstić information content (AvgIpc) is 2.66. The summed E-state index contributed by atoms with van der Waals surface area (Å²) >= 11 is 3.33. The maximum atomic E-state index is 12.1. The number of nitrogens with one attached hydrogen (secondary N) is 1. The van der Waals surface area contributed by atoms with Crippen molar-refractivity contribution in [1.82, 2.24) is 5.32 Å². The van der Waals surface area contributed by atoms with E-state index in [1.807, 2.05) is 30.3 Å². The second-order valence-electron chi connectivity index (χ2n) is 6.11. The van der Waals surface area contributed by atoms with E-state index in [0.717, 1.165) is 29.3 Å². The zero-order chi connectivity index (χ0) is 18.4. The lowest BCUT2D eigenvalue weighted by Gasteiger charge is -2.26. The Kier molecular flexibility index (Phi) is 6.28. The third kappa shape index (κ3) is 5.08. The van der Waals surface area contributed by atoms with Crippen LogP contribution in [-0.2, 0) is 20.7 Å². The van der Waals surface area contributed by atoms with Crippen LogP contribution in [0.3, 0.4) is 0 Å². The highest BCUT2D eigenvalue weighted by atomic mass is 79.9. The van der Waals surface area contributed by atoms with Gasteiger partial charge in [-0.3, -0.25) is 4.79 Å². The molecule has 0 spiro atoms. The molecule has 1 amide bonds. The molecule has 26 heavy (non-hydrogen) atoms. The van der Waals surface area contributed by atoms with Crippen molar-refractivity contribution >= 4 is 27.8 Å². The molecule has 136 valence electrons. The van der Waals surface area contributed by atoms with Gasteiger partial charge in [0.15, 0.2) is 13.2 Å². The number of benzene rings is 2. The molecule has 0 unspecified atom stereocenters. The smallest absolute Gasteiger partial charge is 0.344 e. The number of hydrogen-bond acceptors (Lipinski definition) is 4. The average molecular weight is 418 g/mol. The molecule has 2 aromatic rings. The number of amides is 1. The molecule has 0 saturated carbocycles. The van der Waals surface area contributed by atoms with Gasteiger partial charge in [0.05, 0.1) is 6.04 Å². The van der Waals surface area contributed by atoms with Crippen molar-refractivity contribution in [2.45, 2.75) is 25.3 Å². The van der Waals surface area contributed by atoms with Crippen LogP contribution in [0.5, 0.6) is 5.75 Å². The van der Waals surface area contributed by atoms with E-state index in [9.17, 15) is 9.59 Å². The van der Waals surface area contributed by atoms with Gasteiger partial charge in [0, 0.05) is 4.47 Å². The maximum absolute atomic E-state index is 12.1. The highest BCUT2D eigenvalue weighted by Crippen LogP contribution is 2.29. The molecule has 2 aromatic carbocycles. The normalized spacial score (nSPS) is 15.7. The van der Waals surface area contributed by atoms with Crippen molar-refractivity contribution in [1.29, 1.82) is 0 Å². The van der Waals surface area contributed by atoms with Crippen LogP contribution in [0.15, 0.2) is 53.0 Å². The van der Waals surface area contributed by atoms with E-state index in [2.05, 4.69) is 27.3 Å². The first-order valence-electron chi connectivity index (χ1n) is 8.53. The van der Waals surface area contributed by atoms with Gasteiger partial charge in [-0.1, -0.05) is 40.2 Å². The van der Waals surface area contributed by atoms with Gasteiger partial charge in [0.25, 0.3) is 5.91 Å². The Hall–Kier alpha value is -2.34. The molecule has 1 aliphatic rings. The van der Waals surface area contributed by atoms with Crippen LogP contribution in [0.1, 0.15) is 30.0 Å². The predicted molar refractivity (Wildman–Crippen MR) is 101 cm³/mol. The van der Waals surface area contributed by atoms with Gasteiger partial charge >= 0.3 is 5.97 Å². The first-order chi connectivity index (χ1) is 12.6. The third-order valence-corrected chi connectivity index (χ3v) is 4.77. The first-order valence-corrected chi connectivity index (χ1v) is 9.32. The Morgan fingerprint density at radius 2 is 1.85 bits per heavy atom. The Bertz CT molecular complexity index is 776. The van der Waals surface area contributed by atoms with Crippen molar-refractivity contribution in [3.8, 4) is 5.75 Å². The monoisotopic (exact) mass is 417 g/mol. The highest BCUT2D eigenvalue weighted by molar-refractivity contribution is 9.10. The molecule has 5 nitrogen and oxygen atoms in total. The summed E-state index contributed by atoms with van der Waals surface area (Å²) in [6.07, 6.45) is 2.96. The number of aryl methyl sites for hydroxylation is 1. The van der Waals surface area contributed by atoms with Gasteiger partial charge in [-0.25, -0.2) is 4.79 Å². The summed E-state index contributed by atoms with van der Waals surface area (Å²) in [5.74, 6) is -0.316. The van der Waals surface area contributed by atoms with E-state index in [4.69, 9.17) is 9.47 Å². The Labute approximate surface area is 160 Å². The molecule has 1 aliphatic carbocycles. The van der Waals surface area contributed by atoms with Gasteiger partial charge in [0.2, 0.25) is 0 Å². The van der Waals surface area contributed by atoms with Crippen molar-refractivity contribution in [2.24, 2.45) is 0 Å². The zero-order valence-electron chi connectivity index (χ0n) is 14.2. The molecule has 3 rings (SSSR count). The standard InChI is InChI=1S/C20H20BrNO4/c21-15-8-10-16(11-9-15)25-13-20(24)26-12-19(23)22-18-7-3-5-14-4-1-2-6-17(14)18/h1-2,4,6,8-11,18H,3,5,7,12-13H2,(H,22,23)/t18-/m1/s1. The van der Waals surface area contributed by atoms with Crippen molar-refractivity contribution < 1.29 is 19.1 Å². The molecule has 0 radical (unpaired) electrons. The number of ether oxygens (including phenoxy) is 2. The topological polar surface area (TPSA) is 64.6 Å². The zero-order valence-corrected chi connectivity index (χ0v) is 15.8.